The molecular formula is C29H25F3N2O6. The fourth-order valence-corrected chi connectivity index (χ4v) is 4.12. The number of phenols is 1. The molecule has 0 saturated carbocycles. The topological polar surface area (TPSA) is 118 Å². The third-order valence-corrected chi connectivity index (χ3v) is 6.02. The van der Waals surface area contributed by atoms with Gasteiger partial charge in [0.25, 0.3) is 5.91 Å². The average Bonchev–Trinajstić information content (AvgIpc) is 2.92. The van der Waals surface area contributed by atoms with Crippen LogP contribution in [0.1, 0.15) is 37.5 Å². The summed E-state index contributed by atoms with van der Waals surface area (Å²) in [5.74, 6) is -1.56. The number of pyridine rings is 1. The van der Waals surface area contributed by atoms with Gasteiger partial charge >= 0.3 is 12.1 Å². The maximum Gasteiger partial charge on any atom is 0.416 e. The minimum absolute atomic E-state index is 0.113. The number of fused-ring (bicyclic) bond motifs is 1. The minimum Gasteiger partial charge on any atom is -0.508 e. The zero-order valence-electron chi connectivity index (χ0n) is 21.2. The van der Waals surface area contributed by atoms with Gasteiger partial charge in [0.15, 0.2) is 0 Å². The van der Waals surface area contributed by atoms with E-state index in [1.807, 2.05) is 0 Å². The molecule has 208 valence electrons. The van der Waals surface area contributed by atoms with Crippen molar-refractivity contribution in [1.29, 1.82) is 0 Å². The van der Waals surface area contributed by atoms with E-state index in [-0.39, 0.29) is 52.4 Å². The quantitative estimate of drug-likeness (QED) is 0.246. The molecule has 0 aliphatic carbocycles. The number of carbonyl (C=O) groups is 2. The summed E-state index contributed by atoms with van der Waals surface area (Å²) >= 11 is 0. The van der Waals surface area contributed by atoms with E-state index >= 15 is 0 Å². The van der Waals surface area contributed by atoms with Crippen molar-refractivity contribution in [1.82, 2.24) is 10.3 Å². The molecule has 0 saturated heterocycles. The van der Waals surface area contributed by atoms with Crippen LogP contribution in [0.5, 0.6) is 11.5 Å². The lowest BCUT2D eigenvalue weighted by atomic mass is 10.0. The summed E-state index contributed by atoms with van der Waals surface area (Å²) in [5, 5.41) is 22.3. The summed E-state index contributed by atoms with van der Waals surface area (Å²) in [6, 6.07) is 16.3. The first-order valence-electron chi connectivity index (χ1n) is 12.1. The molecule has 4 rings (SSSR count). The number of carbonyl (C=O) groups excluding carboxylic acids is 1. The number of rotatable bonds is 10. The van der Waals surface area contributed by atoms with E-state index < -0.39 is 29.7 Å². The highest BCUT2D eigenvalue weighted by atomic mass is 19.4. The number of methoxy groups -OCH3 is 1. The van der Waals surface area contributed by atoms with E-state index in [2.05, 4.69) is 10.3 Å². The number of alkyl halides is 3. The summed E-state index contributed by atoms with van der Waals surface area (Å²) in [6.07, 6.45) is -4.09. The second-order valence-electron chi connectivity index (χ2n) is 9.02. The maximum absolute atomic E-state index is 13.1. The van der Waals surface area contributed by atoms with Crippen molar-refractivity contribution in [3.63, 3.8) is 0 Å². The molecule has 11 heteroatoms. The molecule has 8 nitrogen and oxygen atoms in total. The predicted octanol–water partition coefficient (Wildman–Crippen LogP) is 5.22. The predicted molar refractivity (Wildman–Crippen MR) is 139 cm³/mol. The number of amides is 1. The van der Waals surface area contributed by atoms with Crippen molar-refractivity contribution in [2.45, 2.75) is 25.2 Å². The number of aromatic nitrogens is 1. The van der Waals surface area contributed by atoms with Gasteiger partial charge in [-0.05, 0) is 66.1 Å². The lowest BCUT2D eigenvalue weighted by molar-refractivity contribution is -0.137. The Labute approximate surface area is 227 Å². The summed E-state index contributed by atoms with van der Waals surface area (Å²) in [7, 11) is 1.49. The van der Waals surface area contributed by atoms with Crippen LogP contribution in [0.4, 0.5) is 13.2 Å². The zero-order valence-corrected chi connectivity index (χ0v) is 21.2. The molecule has 1 amide bonds. The van der Waals surface area contributed by atoms with Crippen molar-refractivity contribution in [2.75, 3.05) is 13.7 Å². The molecule has 0 bridgehead atoms. The van der Waals surface area contributed by atoms with Crippen LogP contribution in [0.25, 0.3) is 10.9 Å². The van der Waals surface area contributed by atoms with E-state index in [1.165, 1.54) is 49.6 Å². The normalized spacial score (nSPS) is 12.2. The highest BCUT2D eigenvalue weighted by molar-refractivity contribution is 6.06. The number of aromatic carboxylic acids is 1. The summed E-state index contributed by atoms with van der Waals surface area (Å²) in [5.41, 5.74) is 0.243. The number of carboxylic acid groups (broad SMARTS) is 1. The van der Waals surface area contributed by atoms with Crippen molar-refractivity contribution in [2.24, 2.45) is 0 Å². The summed E-state index contributed by atoms with van der Waals surface area (Å²) < 4.78 is 49.8. The van der Waals surface area contributed by atoms with E-state index in [1.54, 1.807) is 12.1 Å². The molecule has 0 aliphatic heterocycles. The Morgan fingerprint density at radius 1 is 1.00 bits per heavy atom. The molecule has 4 aromatic rings. The average molecular weight is 555 g/mol. The third kappa shape index (κ3) is 7.06. The second-order valence-corrected chi connectivity index (χ2v) is 9.02. The van der Waals surface area contributed by atoms with Crippen LogP contribution in [0.2, 0.25) is 0 Å². The van der Waals surface area contributed by atoms with Gasteiger partial charge in [-0.3, -0.25) is 4.79 Å². The van der Waals surface area contributed by atoms with Gasteiger partial charge in [0.1, 0.15) is 23.8 Å². The van der Waals surface area contributed by atoms with Gasteiger partial charge in [0.05, 0.1) is 29.3 Å². The van der Waals surface area contributed by atoms with Crippen molar-refractivity contribution in [3.8, 4) is 11.5 Å². The van der Waals surface area contributed by atoms with Crippen molar-refractivity contribution >= 4 is 22.8 Å². The monoisotopic (exact) mass is 554 g/mol. The van der Waals surface area contributed by atoms with Crippen molar-refractivity contribution < 1.29 is 42.4 Å². The number of hydrogen-bond acceptors (Lipinski definition) is 6. The molecule has 0 unspecified atom stereocenters. The number of carboxylic acids is 1. The molecule has 1 aromatic heterocycles. The smallest absolute Gasteiger partial charge is 0.416 e. The standard InChI is InChI=1S/C29H25F3N2O6/c1-39-16-20(12-17-5-7-21(35)8-6-17)33-27(36)26-14-24(28(37)38)23-13-22(9-10-25(23)34-26)40-15-18-3-2-4-19(11-18)29(30,31)32/h2-11,13-14,20,35H,12,15-16H2,1H3,(H,33,36)(H,37,38)/t20-/m0/s1. The van der Waals surface area contributed by atoms with Gasteiger partial charge in [-0.15, -0.1) is 0 Å². The molecule has 1 atom stereocenters. The fraction of sp³-hybridized carbons (Fsp3) is 0.207. The van der Waals surface area contributed by atoms with Gasteiger partial charge < -0.3 is 25.0 Å². The van der Waals surface area contributed by atoms with Crippen LogP contribution in [-0.4, -0.2) is 46.8 Å². The zero-order chi connectivity index (χ0) is 28.9. The van der Waals surface area contributed by atoms with Crippen molar-refractivity contribution in [3.05, 3.63) is 101 Å². The molecular weight excluding hydrogens is 529 g/mol. The Bertz CT molecular complexity index is 1520. The van der Waals surface area contributed by atoms with Crippen LogP contribution < -0.4 is 10.1 Å². The first-order valence-corrected chi connectivity index (χ1v) is 12.1. The molecule has 3 N–H and O–H groups in total. The van der Waals surface area contributed by atoms with Crippen LogP contribution in [-0.2, 0) is 23.9 Å². The summed E-state index contributed by atoms with van der Waals surface area (Å²) in [4.78, 5) is 29.4. The lowest BCUT2D eigenvalue weighted by Gasteiger charge is -2.18. The lowest BCUT2D eigenvalue weighted by Crippen LogP contribution is -2.40. The number of ether oxygens (including phenoxy) is 2. The Balaban J connectivity index is 1.54. The Morgan fingerprint density at radius 2 is 1.75 bits per heavy atom. The number of benzene rings is 3. The van der Waals surface area contributed by atoms with Gasteiger partial charge in [0.2, 0.25) is 0 Å². The van der Waals surface area contributed by atoms with Crippen LogP contribution >= 0.6 is 0 Å². The van der Waals surface area contributed by atoms with Gasteiger partial charge in [-0.2, -0.15) is 13.2 Å². The fourth-order valence-electron chi connectivity index (χ4n) is 4.12. The highest BCUT2D eigenvalue weighted by Gasteiger charge is 2.30. The minimum atomic E-state index is -4.49. The molecule has 0 radical (unpaired) electrons. The molecule has 0 fully saturated rings. The van der Waals surface area contributed by atoms with Crippen LogP contribution in [0.3, 0.4) is 0 Å². The van der Waals surface area contributed by atoms with E-state index in [0.717, 1.165) is 23.8 Å². The SMILES string of the molecule is COC[C@H](Cc1ccc(O)cc1)NC(=O)c1cc(C(=O)O)c2cc(OCc3cccc(C(F)(F)F)c3)ccc2n1. The van der Waals surface area contributed by atoms with Gasteiger partial charge in [0, 0.05) is 12.5 Å². The third-order valence-electron chi connectivity index (χ3n) is 6.02. The van der Waals surface area contributed by atoms with E-state index in [0.29, 0.717) is 6.42 Å². The number of nitrogens with one attached hydrogen (secondary N) is 1. The first-order chi connectivity index (χ1) is 19.0. The number of halogens is 3. The number of hydrogen-bond donors (Lipinski definition) is 3. The molecule has 3 aromatic carbocycles. The Kier molecular flexibility index (Phi) is 8.54. The van der Waals surface area contributed by atoms with E-state index in [4.69, 9.17) is 9.47 Å². The van der Waals surface area contributed by atoms with Crippen LogP contribution in [0.15, 0.2) is 72.8 Å². The number of phenolic OH excluding ortho intramolecular Hbond substituents is 1. The summed E-state index contributed by atoms with van der Waals surface area (Å²) in [6.45, 7) is 0.00618. The Morgan fingerprint density at radius 3 is 2.42 bits per heavy atom. The van der Waals surface area contributed by atoms with Gasteiger partial charge in [-0.25, -0.2) is 9.78 Å². The Hall–Kier alpha value is -4.64. The van der Waals surface area contributed by atoms with E-state index in [9.17, 15) is 33.0 Å². The number of aromatic hydroxyl groups is 1. The molecule has 40 heavy (non-hydrogen) atoms. The van der Waals surface area contributed by atoms with Crippen LogP contribution in [0, 0.1) is 0 Å². The molecule has 0 aliphatic rings. The molecule has 0 spiro atoms. The highest BCUT2D eigenvalue weighted by Crippen LogP contribution is 2.30. The second kappa shape index (κ2) is 12.0. The molecule has 1 heterocycles. The number of nitrogens with zero attached hydrogens (tertiary/aromatic N) is 1. The maximum atomic E-state index is 13.1. The first kappa shape index (κ1) is 28.4. The largest absolute Gasteiger partial charge is 0.508 e. The van der Waals surface area contributed by atoms with Gasteiger partial charge in [-0.1, -0.05) is 24.3 Å².